The van der Waals surface area contributed by atoms with Gasteiger partial charge in [0.15, 0.2) is 0 Å². The molecule has 3 fully saturated rings. The number of nitrogens with zero attached hydrogens (tertiary/aromatic N) is 3. The molecule has 0 N–H and O–H groups in total. The van der Waals surface area contributed by atoms with E-state index in [1.54, 1.807) is 0 Å². The Labute approximate surface area is 156 Å². The summed E-state index contributed by atoms with van der Waals surface area (Å²) in [5.41, 5.74) is -0.239. The van der Waals surface area contributed by atoms with Crippen molar-refractivity contribution in [2.45, 2.75) is 64.8 Å². The summed E-state index contributed by atoms with van der Waals surface area (Å²) in [4.78, 5) is 43.4. The van der Waals surface area contributed by atoms with Crippen LogP contribution in [0.1, 0.15) is 59.3 Å². The van der Waals surface area contributed by atoms with Crippen molar-refractivity contribution in [3.63, 3.8) is 0 Å². The van der Waals surface area contributed by atoms with Crippen molar-refractivity contribution in [1.29, 1.82) is 0 Å². The second-order valence-electron chi connectivity index (χ2n) is 9.06. The van der Waals surface area contributed by atoms with Crippen molar-refractivity contribution < 1.29 is 14.4 Å². The highest BCUT2D eigenvalue weighted by Crippen LogP contribution is 2.28. The van der Waals surface area contributed by atoms with E-state index in [0.717, 1.165) is 25.7 Å². The van der Waals surface area contributed by atoms with Gasteiger partial charge in [-0.05, 0) is 33.6 Å². The Kier molecular flexibility index (Phi) is 5.58. The van der Waals surface area contributed by atoms with Gasteiger partial charge in [-0.25, -0.2) is 0 Å². The molecule has 0 spiro atoms. The molecule has 0 aromatic heterocycles. The maximum Gasteiger partial charge on any atom is 0.228 e. The fourth-order valence-corrected chi connectivity index (χ4v) is 4.53. The van der Waals surface area contributed by atoms with Crippen LogP contribution < -0.4 is 0 Å². The van der Waals surface area contributed by atoms with Gasteiger partial charge in [0.05, 0.1) is 5.92 Å². The average molecular weight is 364 g/mol. The molecular formula is C20H33N3O3. The zero-order valence-corrected chi connectivity index (χ0v) is 16.5. The number of rotatable bonds is 2. The van der Waals surface area contributed by atoms with Gasteiger partial charge in [0.1, 0.15) is 0 Å². The zero-order chi connectivity index (χ0) is 18.9. The van der Waals surface area contributed by atoms with Crippen LogP contribution in [-0.4, -0.2) is 70.7 Å². The second-order valence-corrected chi connectivity index (χ2v) is 9.06. The Balaban J connectivity index is 1.51. The molecule has 0 aromatic carbocycles. The van der Waals surface area contributed by atoms with Gasteiger partial charge in [0.25, 0.3) is 0 Å². The molecular weight excluding hydrogens is 330 g/mol. The van der Waals surface area contributed by atoms with Crippen molar-refractivity contribution in [3.8, 4) is 0 Å². The number of likely N-dealkylation sites (tertiary alicyclic amines) is 1. The van der Waals surface area contributed by atoms with Crippen LogP contribution in [0.5, 0.6) is 0 Å². The highest BCUT2D eigenvalue weighted by atomic mass is 16.2. The van der Waals surface area contributed by atoms with Crippen LogP contribution in [0.15, 0.2) is 0 Å². The maximum absolute atomic E-state index is 12.8. The molecule has 26 heavy (non-hydrogen) atoms. The summed E-state index contributed by atoms with van der Waals surface area (Å²) < 4.78 is 0. The lowest BCUT2D eigenvalue weighted by atomic mass is 9.88. The summed E-state index contributed by atoms with van der Waals surface area (Å²) in [6.45, 7) is 8.99. The van der Waals surface area contributed by atoms with Crippen molar-refractivity contribution in [2.75, 3.05) is 32.7 Å². The molecule has 146 valence electrons. The number of piperazine rings is 1. The number of carbonyl (C=O) groups is 3. The van der Waals surface area contributed by atoms with E-state index < -0.39 is 0 Å². The first-order valence-electron chi connectivity index (χ1n) is 10.2. The lowest BCUT2D eigenvalue weighted by Gasteiger charge is -2.38. The van der Waals surface area contributed by atoms with E-state index in [1.165, 1.54) is 6.42 Å². The monoisotopic (exact) mass is 363 g/mol. The maximum atomic E-state index is 12.8. The number of carbonyl (C=O) groups excluding carboxylic acids is 3. The Morgan fingerprint density at radius 2 is 1.35 bits per heavy atom. The third kappa shape index (κ3) is 4.04. The summed E-state index contributed by atoms with van der Waals surface area (Å²) in [5, 5.41) is 0. The fourth-order valence-electron chi connectivity index (χ4n) is 4.53. The third-order valence-electron chi connectivity index (χ3n) is 6.14. The molecule has 0 aromatic rings. The summed E-state index contributed by atoms with van der Waals surface area (Å²) in [7, 11) is 0. The molecule has 3 aliphatic rings. The van der Waals surface area contributed by atoms with E-state index in [0.29, 0.717) is 39.1 Å². The number of hydrogen-bond acceptors (Lipinski definition) is 3. The molecule has 0 bridgehead atoms. The molecule has 1 aliphatic carbocycles. The van der Waals surface area contributed by atoms with Crippen LogP contribution in [-0.2, 0) is 14.4 Å². The van der Waals surface area contributed by atoms with Crippen LogP contribution >= 0.6 is 0 Å². The first kappa shape index (κ1) is 19.2. The normalized spacial score (nSPS) is 25.7. The molecule has 1 unspecified atom stereocenters. The van der Waals surface area contributed by atoms with Gasteiger partial charge >= 0.3 is 0 Å². The molecule has 6 heteroatoms. The first-order chi connectivity index (χ1) is 12.3. The second kappa shape index (κ2) is 7.57. The first-order valence-corrected chi connectivity index (χ1v) is 10.2. The van der Waals surface area contributed by atoms with E-state index in [9.17, 15) is 14.4 Å². The molecule has 3 amide bonds. The van der Waals surface area contributed by atoms with E-state index in [2.05, 4.69) is 0 Å². The van der Waals surface area contributed by atoms with Gasteiger partial charge in [-0.1, -0.05) is 19.3 Å². The van der Waals surface area contributed by atoms with E-state index in [-0.39, 0.29) is 35.1 Å². The average Bonchev–Trinajstić information content (AvgIpc) is 3.03. The quantitative estimate of drug-likeness (QED) is 0.753. The molecule has 3 rings (SSSR count). The lowest BCUT2D eigenvalue weighted by Crippen LogP contribution is -2.53. The number of hydrogen-bond donors (Lipinski definition) is 0. The highest BCUT2D eigenvalue weighted by Gasteiger charge is 2.41. The summed E-state index contributed by atoms with van der Waals surface area (Å²) in [6, 6.07) is 0. The molecule has 6 nitrogen and oxygen atoms in total. The van der Waals surface area contributed by atoms with Crippen molar-refractivity contribution in [3.05, 3.63) is 0 Å². The predicted molar refractivity (Wildman–Crippen MR) is 99.3 cm³/mol. The SMILES string of the molecule is CC(C)(C)N1CC(C(=O)N2CCN(C(=O)C3CCCCC3)CC2)CC1=O. The summed E-state index contributed by atoms with van der Waals surface area (Å²) in [5.74, 6) is 0.393. The Morgan fingerprint density at radius 3 is 1.81 bits per heavy atom. The topological polar surface area (TPSA) is 60.9 Å². The largest absolute Gasteiger partial charge is 0.339 e. The van der Waals surface area contributed by atoms with Gasteiger partial charge < -0.3 is 14.7 Å². The van der Waals surface area contributed by atoms with Crippen molar-refractivity contribution in [1.82, 2.24) is 14.7 Å². The zero-order valence-electron chi connectivity index (χ0n) is 16.5. The standard InChI is InChI=1S/C20H33N3O3/c1-20(2,3)23-14-16(13-17(23)24)19(26)22-11-9-21(10-12-22)18(25)15-7-5-4-6-8-15/h15-16H,4-14H2,1-3H3. The molecule has 2 heterocycles. The van der Waals surface area contributed by atoms with Crippen LogP contribution in [0.4, 0.5) is 0 Å². The van der Waals surface area contributed by atoms with Gasteiger partial charge in [0, 0.05) is 50.6 Å². The molecule has 1 atom stereocenters. The Bertz CT molecular complexity index is 555. The lowest BCUT2D eigenvalue weighted by molar-refractivity contribution is -0.144. The summed E-state index contributed by atoms with van der Waals surface area (Å²) in [6.07, 6.45) is 5.92. The van der Waals surface area contributed by atoms with E-state index in [4.69, 9.17) is 0 Å². The Morgan fingerprint density at radius 1 is 0.846 bits per heavy atom. The predicted octanol–water partition coefficient (Wildman–Crippen LogP) is 1.88. The molecule has 2 aliphatic heterocycles. The molecule has 1 saturated carbocycles. The van der Waals surface area contributed by atoms with Gasteiger partial charge in [0.2, 0.25) is 17.7 Å². The van der Waals surface area contributed by atoms with Crippen molar-refractivity contribution in [2.24, 2.45) is 11.8 Å². The van der Waals surface area contributed by atoms with Gasteiger partial charge in [-0.3, -0.25) is 14.4 Å². The molecule has 2 saturated heterocycles. The third-order valence-corrected chi connectivity index (χ3v) is 6.14. The van der Waals surface area contributed by atoms with Crippen molar-refractivity contribution >= 4 is 17.7 Å². The minimum absolute atomic E-state index is 0.0713. The highest BCUT2D eigenvalue weighted by molar-refractivity contribution is 5.90. The minimum atomic E-state index is -0.239. The minimum Gasteiger partial charge on any atom is -0.339 e. The summed E-state index contributed by atoms with van der Waals surface area (Å²) >= 11 is 0. The smallest absolute Gasteiger partial charge is 0.228 e. The van der Waals surface area contributed by atoms with Crippen LogP contribution in [0.25, 0.3) is 0 Å². The van der Waals surface area contributed by atoms with E-state index in [1.807, 2.05) is 35.5 Å². The fraction of sp³-hybridized carbons (Fsp3) is 0.850. The van der Waals surface area contributed by atoms with Crippen LogP contribution in [0.3, 0.4) is 0 Å². The van der Waals surface area contributed by atoms with Gasteiger partial charge in [-0.2, -0.15) is 0 Å². The van der Waals surface area contributed by atoms with Gasteiger partial charge in [-0.15, -0.1) is 0 Å². The van der Waals surface area contributed by atoms with E-state index >= 15 is 0 Å². The number of amides is 3. The Hall–Kier alpha value is -1.59. The van der Waals surface area contributed by atoms with Crippen LogP contribution in [0, 0.1) is 11.8 Å². The van der Waals surface area contributed by atoms with Crippen LogP contribution in [0.2, 0.25) is 0 Å². The molecule has 0 radical (unpaired) electrons.